The molecule has 1 N–H and O–H groups in total. The molecule has 2 aromatic carbocycles. The molecule has 4 heteroatoms. The molecule has 3 rings (SSSR count). The summed E-state index contributed by atoms with van der Waals surface area (Å²) in [4.78, 5) is 2.39. The lowest BCUT2D eigenvalue weighted by Gasteiger charge is -2.26. The second-order valence-corrected chi connectivity index (χ2v) is 8.40. The molecule has 0 aromatic heterocycles. The van der Waals surface area contributed by atoms with E-state index in [1.165, 1.54) is 29.5 Å². The highest BCUT2D eigenvalue weighted by molar-refractivity contribution is 6.31. The van der Waals surface area contributed by atoms with Gasteiger partial charge in [0.05, 0.1) is 6.10 Å². The van der Waals surface area contributed by atoms with E-state index < -0.39 is 6.10 Å². The van der Waals surface area contributed by atoms with E-state index in [-0.39, 0.29) is 0 Å². The first-order valence-electron chi connectivity index (χ1n) is 10.0. The number of benzene rings is 2. The van der Waals surface area contributed by atoms with Gasteiger partial charge < -0.3 is 10.0 Å². The average Bonchev–Trinajstić information content (AvgIpc) is 2.99. The van der Waals surface area contributed by atoms with Crippen LogP contribution >= 0.6 is 23.2 Å². The van der Waals surface area contributed by atoms with Crippen LogP contribution in [0.4, 0.5) is 0 Å². The third kappa shape index (κ3) is 4.86. The SMILES string of the molecule is CCCCN(CCCC)C[C@@H](O)c1cc(Cl)cc2c1-c1ccc(Cl)cc1C2. The van der Waals surface area contributed by atoms with E-state index in [2.05, 4.69) is 24.8 Å². The van der Waals surface area contributed by atoms with Gasteiger partial charge in [-0.25, -0.2) is 0 Å². The van der Waals surface area contributed by atoms with Gasteiger partial charge in [0.2, 0.25) is 0 Å². The summed E-state index contributed by atoms with van der Waals surface area (Å²) in [5, 5.41) is 12.6. The Morgan fingerprint density at radius 3 is 2.30 bits per heavy atom. The average molecular weight is 406 g/mol. The number of halogens is 2. The van der Waals surface area contributed by atoms with Gasteiger partial charge in [0.25, 0.3) is 0 Å². The molecule has 1 aliphatic rings. The molecule has 0 spiro atoms. The predicted octanol–water partition coefficient (Wildman–Crippen LogP) is 6.50. The van der Waals surface area contributed by atoms with Gasteiger partial charge in [0, 0.05) is 16.6 Å². The zero-order valence-corrected chi connectivity index (χ0v) is 17.8. The largest absolute Gasteiger partial charge is 0.387 e. The standard InChI is InChI=1S/C23H29Cl2NO/c1-3-5-9-26(10-6-4-2)15-22(27)21-14-19(25)13-17-11-16-12-18(24)7-8-20(16)23(17)21/h7-8,12-14,22,27H,3-6,9-11,15H2,1-2H3/t22-/m1/s1. The molecule has 146 valence electrons. The summed E-state index contributed by atoms with van der Waals surface area (Å²) in [6.07, 6.45) is 4.92. The molecule has 0 saturated heterocycles. The monoisotopic (exact) mass is 405 g/mol. The van der Waals surface area contributed by atoms with Gasteiger partial charge in [-0.2, -0.15) is 0 Å². The molecule has 0 saturated carbocycles. The number of rotatable bonds is 9. The fraction of sp³-hybridized carbons (Fsp3) is 0.478. The van der Waals surface area contributed by atoms with E-state index in [4.69, 9.17) is 23.2 Å². The molecule has 2 nitrogen and oxygen atoms in total. The molecule has 1 atom stereocenters. The van der Waals surface area contributed by atoms with Crippen LogP contribution in [0.15, 0.2) is 30.3 Å². The summed E-state index contributed by atoms with van der Waals surface area (Å²) in [5.74, 6) is 0. The number of aliphatic hydroxyl groups excluding tert-OH is 1. The van der Waals surface area contributed by atoms with Crippen LogP contribution in [0.5, 0.6) is 0 Å². The molecule has 27 heavy (non-hydrogen) atoms. The Bertz CT molecular complexity index is 782. The van der Waals surface area contributed by atoms with Gasteiger partial charge in [-0.3, -0.25) is 0 Å². The molecular weight excluding hydrogens is 377 g/mol. The minimum Gasteiger partial charge on any atom is -0.387 e. The molecule has 2 aromatic rings. The molecule has 0 bridgehead atoms. The second kappa shape index (κ2) is 9.43. The van der Waals surface area contributed by atoms with Gasteiger partial charge in [0.15, 0.2) is 0 Å². The van der Waals surface area contributed by atoms with E-state index in [0.717, 1.165) is 48.5 Å². The van der Waals surface area contributed by atoms with Crippen molar-refractivity contribution in [3.05, 3.63) is 57.1 Å². The number of fused-ring (bicyclic) bond motifs is 3. The zero-order valence-electron chi connectivity index (χ0n) is 16.3. The Morgan fingerprint density at radius 2 is 1.63 bits per heavy atom. The molecule has 0 radical (unpaired) electrons. The van der Waals surface area contributed by atoms with Crippen molar-refractivity contribution in [3.63, 3.8) is 0 Å². The summed E-state index contributed by atoms with van der Waals surface area (Å²) < 4.78 is 0. The van der Waals surface area contributed by atoms with E-state index in [9.17, 15) is 5.11 Å². The minimum absolute atomic E-state index is 0.548. The maximum Gasteiger partial charge on any atom is 0.0923 e. The Labute approximate surface area is 173 Å². The van der Waals surface area contributed by atoms with Gasteiger partial charge in [-0.15, -0.1) is 0 Å². The number of aliphatic hydroxyl groups is 1. The quantitative estimate of drug-likeness (QED) is 0.438. The van der Waals surface area contributed by atoms with E-state index in [1.54, 1.807) is 0 Å². The van der Waals surface area contributed by atoms with Crippen LogP contribution < -0.4 is 0 Å². The zero-order chi connectivity index (χ0) is 19.4. The number of hydrogen-bond donors (Lipinski definition) is 1. The summed E-state index contributed by atoms with van der Waals surface area (Å²) >= 11 is 12.6. The van der Waals surface area contributed by atoms with Crippen molar-refractivity contribution in [1.29, 1.82) is 0 Å². The summed E-state index contributed by atoms with van der Waals surface area (Å²) in [5.41, 5.74) is 5.65. The third-order valence-corrected chi connectivity index (χ3v) is 5.83. The predicted molar refractivity (Wildman–Crippen MR) is 116 cm³/mol. The normalized spacial score (nSPS) is 13.7. The fourth-order valence-electron chi connectivity index (χ4n) is 3.98. The number of unbranched alkanes of at least 4 members (excludes halogenated alkanes) is 2. The van der Waals surface area contributed by atoms with Crippen LogP contribution in [-0.4, -0.2) is 29.6 Å². The summed E-state index contributed by atoms with van der Waals surface area (Å²) in [6.45, 7) is 7.13. The number of nitrogens with zero attached hydrogens (tertiary/aromatic N) is 1. The Balaban J connectivity index is 1.89. The van der Waals surface area contributed by atoms with E-state index in [1.807, 2.05) is 24.3 Å². The lowest BCUT2D eigenvalue weighted by atomic mass is 9.95. The van der Waals surface area contributed by atoms with Crippen molar-refractivity contribution in [2.45, 2.75) is 52.1 Å². The van der Waals surface area contributed by atoms with E-state index >= 15 is 0 Å². The lowest BCUT2D eigenvalue weighted by Crippen LogP contribution is -2.31. The van der Waals surface area contributed by atoms with Crippen LogP contribution in [-0.2, 0) is 6.42 Å². The fourth-order valence-corrected chi connectivity index (χ4v) is 4.42. The van der Waals surface area contributed by atoms with Gasteiger partial charge >= 0.3 is 0 Å². The minimum atomic E-state index is -0.548. The van der Waals surface area contributed by atoms with Gasteiger partial charge in [-0.1, -0.05) is 56.0 Å². The third-order valence-electron chi connectivity index (χ3n) is 5.38. The van der Waals surface area contributed by atoms with Crippen LogP contribution in [0.2, 0.25) is 10.0 Å². The van der Waals surface area contributed by atoms with Crippen molar-refractivity contribution < 1.29 is 5.11 Å². The molecular formula is C23H29Cl2NO. The van der Waals surface area contributed by atoms with Crippen molar-refractivity contribution in [2.75, 3.05) is 19.6 Å². The van der Waals surface area contributed by atoms with E-state index in [0.29, 0.717) is 11.6 Å². The molecule has 1 aliphatic carbocycles. The van der Waals surface area contributed by atoms with Crippen LogP contribution in [0.25, 0.3) is 11.1 Å². The number of hydrogen-bond acceptors (Lipinski definition) is 2. The van der Waals surface area contributed by atoms with Crippen molar-refractivity contribution >= 4 is 23.2 Å². The first-order valence-corrected chi connectivity index (χ1v) is 10.8. The van der Waals surface area contributed by atoms with Crippen LogP contribution in [0, 0.1) is 0 Å². The van der Waals surface area contributed by atoms with Gasteiger partial charge in [0.1, 0.15) is 0 Å². The maximum absolute atomic E-state index is 11.1. The van der Waals surface area contributed by atoms with Gasteiger partial charge in [-0.05, 0) is 84.4 Å². The topological polar surface area (TPSA) is 23.5 Å². The Hall–Kier alpha value is -1.06. The molecule has 0 aliphatic heterocycles. The summed E-state index contributed by atoms with van der Waals surface area (Å²) in [7, 11) is 0. The highest BCUT2D eigenvalue weighted by atomic mass is 35.5. The molecule has 0 fully saturated rings. The lowest BCUT2D eigenvalue weighted by molar-refractivity contribution is 0.111. The molecule has 0 unspecified atom stereocenters. The van der Waals surface area contributed by atoms with Crippen molar-refractivity contribution in [3.8, 4) is 11.1 Å². The Kier molecular flexibility index (Phi) is 7.22. The molecule has 0 heterocycles. The van der Waals surface area contributed by atoms with Crippen molar-refractivity contribution in [1.82, 2.24) is 4.90 Å². The highest BCUT2D eigenvalue weighted by Gasteiger charge is 2.26. The smallest absolute Gasteiger partial charge is 0.0923 e. The Morgan fingerprint density at radius 1 is 0.963 bits per heavy atom. The second-order valence-electron chi connectivity index (χ2n) is 7.53. The molecule has 0 amide bonds. The first-order chi connectivity index (χ1) is 13.0. The maximum atomic E-state index is 11.1. The van der Waals surface area contributed by atoms with Crippen LogP contribution in [0.3, 0.4) is 0 Å². The van der Waals surface area contributed by atoms with Crippen LogP contribution in [0.1, 0.15) is 62.3 Å². The first kappa shape index (κ1) is 20.7. The highest BCUT2D eigenvalue weighted by Crippen LogP contribution is 2.43. The van der Waals surface area contributed by atoms with Crippen molar-refractivity contribution in [2.24, 2.45) is 0 Å². The summed E-state index contributed by atoms with van der Waals surface area (Å²) in [6, 6.07) is 9.98.